The quantitative estimate of drug-likeness (QED) is 0.781. The van der Waals surface area contributed by atoms with E-state index in [-0.39, 0.29) is 5.91 Å². The fourth-order valence-corrected chi connectivity index (χ4v) is 2.61. The van der Waals surface area contributed by atoms with Crippen molar-refractivity contribution in [1.82, 2.24) is 10.2 Å². The van der Waals surface area contributed by atoms with Crippen LogP contribution in [0.4, 0.5) is 5.69 Å². The molecule has 1 heterocycles. The van der Waals surface area contributed by atoms with Crippen LogP contribution >= 0.6 is 15.9 Å². The third kappa shape index (κ3) is 6.03. The van der Waals surface area contributed by atoms with Crippen LogP contribution in [0.3, 0.4) is 0 Å². The standard InChI is InChI=1S/C15H22BrN3O2/c16-13-3-1-2-4-14(13)17-6-5-15(20)18-7-8-19-9-11-21-12-10-19/h1-4,17H,5-12H2,(H,18,20). The highest BCUT2D eigenvalue weighted by Gasteiger charge is 2.10. The summed E-state index contributed by atoms with van der Waals surface area (Å²) in [6.45, 7) is 5.74. The zero-order chi connectivity index (χ0) is 14.9. The van der Waals surface area contributed by atoms with E-state index in [0.717, 1.165) is 43.0 Å². The molecular formula is C15H22BrN3O2. The van der Waals surface area contributed by atoms with E-state index in [9.17, 15) is 4.79 Å². The minimum Gasteiger partial charge on any atom is -0.384 e. The number of nitrogens with one attached hydrogen (secondary N) is 2. The first kappa shape index (κ1) is 16.3. The SMILES string of the molecule is O=C(CCNc1ccccc1Br)NCCN1CCOCC1. The molecule has 5 nitrogen and oxygen atoms in total. The summed E-state index contributed by atoms with van der Waals surface area (Å²) in [6.07, 6.45) is 0.477. The molecule has 1 amide bonds. The second-order valence-electron chi connectivity index (χ2n) is 4.96. The Morgan fingerprint density at radius 1 is 1.24 bits per heavy atom. The molecule has 21 heavy (non-hydrogen) atoms. The molecule has 1 aliphatic rings. The largest absolute Gasteiger partial charge is 0.384 e. The van der Waals surface area contributed by atoms with Gasteiger partial charge in [0.25, 0.3) is 0 Å². The number of ether oxygens (including phenoxy) is 1. The summed E-state index contributed by atoms with van der Waals surface area (Å²) < 4.78 is 6.30. The van der Waals surface area contributed by atoms with Crippen LogP contribution in [0.15, 0.2) is 28.7 Å². The number of para-hydroxylation sites is 1. The fourth-order valence-electron chi connectivity index (χ4n) is 2.18. The number of benzene rings is 1. The summed E-state index contributed by atoms with van der Waals surface area (Å²) in [6, 6.07) is 7.90. The zero-order valence-corrected chi connectivity index (χ0v) is 13.7. The molecule has 2 N–H and O–H groups in total. The zero-order valence-electron chi connectivity index (χ0n) is 12.1. The topological polar surface area (TPSA) is 53.6 Å². The number of nitrogens with zero attached hydrogens (tertiary/aromatic N) is 1. The highest BCUT2D eigenvalue weighted by molar-refractivity contribution is 9.10. The van der Waals surface area contributed by atoms with E-state index in [1.807, 2.05) is 24.3 Å². The lowest BCUT2D eigenvalue weighted by atomic mass is 10.3. The molecule has 0 atom stereocenters. The van der Waals surface area contributed by atoms with Crippen LogP contribution < -0.4 is 10.6 Å². The van der Waals surface area contributed by atoms with E-state index in [2.05, 4.69) is 31.5 Å². The van der Waals surface area contributed by atoms with Crippen molar-refractivity contribution in [3.05, 3.63) is 28.7 Å². The Bertz CT molecular complexity index is 450. The molecule has 2 rings (SSSR count). The predicted molar refractivity (Wildman–Crippen MR) is 87.5 cm³/mol. The maximum atomic E-state index is 11.8. The number of hydrogen-bond donors (Lipinski definition) is 2. The number of amides is 1. The molecule has 1 saturated heterocycles. The van der Waals surface area contributed by atoms with Crippen molar-refractivity contribution < 1.29 is 9.53 Å². The molecular weight excluding hydrogens is 334 g/mol. The lowest BCUT2D eigenvalue weighted by Crippen LogP contribution is -2.41. The van der Waals surface area contributed by atoms with Crippen LogP contribution in [0.2, 0.25) is 0 Å². The van der Waals surface area contributed by atoms with Gasteiger partial charge >= 0.3 is 0 Å². The van der Waals surface area contributed by atoms with Gasteiger partial charge in [0.15, 0.2) is 0 Å². The second kappa shape index (κ2) is 9.02. The van der Waals surface area contributed by atoms with Gasteiger partial charge in [-0.25, -0.2) is 0 Å². The summed E-state index contributed by atoms with van der Waals surface area (Å²) in [7, 11) is 0. The van der Waals surface area contributed by atoms with Crippen molar-refractivity contribution in [3.63, 3.8) is 0 Å². The van der Waals surface area contributed by atoms with E-state index >= 15 is 0 Å². The Labute approximate surface area is 134 Å². The van der Waals surface area contributed by atoms with Gasteiger partial charge in [0.05, 0.1) is 13.2 Å². The lowest BCUT2D eigenvalue weighted by Gasteiger charge is -2.26. The summed E-state index contributed by atoms with van der Waals surface area (Å²) >= 11 is 3.47. The number of rotatable bonds is 7. The van der Waals surface area contributed by atoms with Gasteiger partial charge < -0.3 is 15.4 Å². The van der Waals surface area contributed by atoms with Gasteiger partial charge in [-0.3, -0.25) is 9.69 Å². The van der Waals surface area contributed by atoms with Crippen LogP contribution in [0.1, 0.15) is 6.42 Å². The molecule has 0 unspecified atom stereocenters. The molecule has 116 valence electrons. The van der Waals surface area contributed by atoms with Crippen molar-refractivity contribution in [1.29, 1.82) is 0 Å². The Hall–Kier alpha value is -1.11. The van der Waals surface area contributed by atoms with Crippen LogP contribution in [0, 0.1) is 0 Å². The highest BCUT2D eigenvalue weighted by atomic mass is 79.9. The average molecular weight is 356 g/mol. The molecule has 1 aromatic rings. The second-order valence-corrected chi connectivity index (χ2v) is 5.81. The van der Waals surface area contributed by atoms with Crippen molar-refractivity contribution in [2.75, 3.05) is 51.3 Å². The first-order valence-corrected chi connectivity index (χ1v) is 8.10. The van der Waals surface area contributed by atoms with Gasteiger partial charge in [-0.2, -0.15) is 0 Å². The molecule has 0 spiro atoms. The number of anilines is 1. The fraction of sp³-hybridized carbons (Fsp3) is 0.533. The Kier molecular flexibility index (Phi) is 6.99. The minimum absolute atomic E-state index is 0.0859. The number of carbonyl (C=O) groups is 1. The van der Waals surface area contributed by atoms with E-state index < -0.39 is 0 Å². The molecule has 1 aliphatic heterocycles. The third-order valence-electron chi connectivity index (χ3n) is 3.40. The van der Waals surface area contributed by atoms with E-state index in [4.69, 9.17) is 4.74 Å². The van der Waals surface area contributed by atoms with Crippen molar-refractivity contribution >= 4 is 27.5 Å². The minimum atomic E-state index is 0.0859. The van der Waals surface area contributed by atoms with E-state index in [1.54, 1.807) is 0 Å². The third-order valence-corrected chi connectivity index (χ3v) is 4.09. The Morgan fingerprint density at radius 2 is 2.00 bits per heavy atom. The van der Waals surface area contributed by atoms with Crippen LogP contribution in [-0.4, -0.2) is 56.7 Å². The summed E-state index contributed by atoms with van der Waals surface area (Å²) in [4.78, 5) is 14.1. The van der Waals surface area contributed by atoms with Crippen LogP contribution in [0.25, 0.3) is 0 Å². The van der Waals surface area contributed by atoms with Crippen LogP contribution in [-0.2, 0) is 9.53 Å². The maximum Gasteiger partial charge on any atom is 0.221 e. The predicted octanol–water partition coefficient (Wildman–Crippen LogP) is 1.70. The monoisotopic (exact) mass is 355 g/mol. The maximum absolute atomic E-state index is 11.8. The first-order valence-electron chi connectivity index (χ1n) is 7.31. The molecule has 0 aliphatic carbocycles. The van der Waals surface area contributed by atoms with Gasteiger partial charge in [-0.1, -0.05) is 12.1 Å². The Morgan fingerprint density at radius 3 is 2.76 bits per heavy atom. The normalized spacial score (nSPS) is 15.7. The van der Waals surface area contributed by atoms with Gasteiger partial charge in [0.1, 0.15) is 0 Å². The molecule has 0 aromatic heterocycles. The summed E-state index contributed by atoms with van der Waals surface area (Å²) in [5.74, 6) is 0.0859. The van der Waals surface area contributed by atoms with E-state index in [1.165, 1.54) is 0 Å². The van der Waals surface area contributed by atoms with Gasteiger partial charge in [0, 0.05) is 49.3 Å². The molecule has 0 saturated carbocycles. The summed E-state index contributed by atoms with van der Waals surface area (Å²) in [5, 5.41) is 6.21. The van der Waals surface area contributed by atoms with Gasteiger partial charge in [0.2, 0.25) is 5.91 Å². The van der Waals surface area contributed by atoms with Gasteiger partial charge in [-0.05, 0) is 28.1 Å². The van der Waals surface area contributed by atoms with Crippen molar-refractivity contribution in [3.8, 4) is 0 Å². The number of morpholine rings is 1. The molecule has 0 bridgehead atoms. The van der Waals surface area contributed by atoms with Crippen molar-refractivity contribution in [2.24, 2.45) is 0 Å². The van der Waals surface area contributed by atoms with Crippen molar-refractivity contribution in [2.45, 2.75) is 6.42 Å². The highest BCUT2D eigenvalue weighted by Crippen LogP contribution is 2.20. The van der Waals surface area contributed by atoms with E-state index in [0.29, 0.717) is 19.5 Å². The number of hydrogen-bond acceptors (Lipinski definition) is 4. The number of carbonyl (C=O) groups excluding carboxylic acids is 1. The van der Waals surface area contributed by atoms with Crippen LogP contribution in [0.5, 0.6) is 0 Å². The molecule has 1 aromatic carbocycles. The first-order chi connectivity index (χ1) is 10.3. The molecule has 6 heteroatoms. The van der Waals surface area contributed by atoms with Gasteiger partial charge in [-0.15, -0.1) is 0 Å². The molecule has 1 fully saturated rings. The Balaban J connectivity index is 1.56. The lowest BCUT2D eigenvalue weighted by molar-refractivity contribution is -0.120. The number of halogens is 1. The average Bonchev–Trinajstić information content (AvgIpc) is 2.50. The smallest absolute Gasteiger partial charge is 0.221 e. The summed E-state index contributed by atoms with van der Waals surface area (Å²) in [5.41, 5.74) is 1.01. The molecule has 0 radical (unpaired) electrons.